The van der Waals surface area contributed by atoms with Gasteiger partial charge in [0.15, 0.2) is 0 Å². The molecule has 0 aromatic heterocycles. The summed E-state index contributed by atoms with van der Waals surface area (Å²) in [5, 5.41) is 8.75. The fourth-order valence-electron chi connectivity index (χ4n) is 2.26. The second-order valence-electron chi connectivity index (χ2n) is 5.59. The number of allylic oxidation sites excluding steroid dienone is 1. The van der Waals surface area contributed by atoms with Gasteiger partial charge < -0.3 is 4.74 Å². The average Bonchev–Trinajstić information content (AvgIpc) is 2.61. The number of sulfonamides is 1. The zero-order chi connectivity index (χ0) is 19.2. The minimum Gasteiger partial charge on any atom is -0.497 e. The Hall–Kier alpha value is -3.11. The summed E-state index contributed by atoms with van der Waals surface area (Å²) < 4.78 is 31.4. The molecule has 0 aliphatic rings. The molecule has 2 rings (SSSR count). The van der Waals surface area contributed by atoms with E-state index in [2.05, 4.69) is 0 Å². The average molecular weight is 370 g/mol. The van der Waals surface area contributed by atoms with Gasteiger partial charge in [-0.25, -0.2) is 13.1 Å². The molecule has 0 aliphatic heterocycles. The van der Waals surface area contributed by atoms with Crippen LogP contribution in [0.5, 0.6) is 5.75 Å². The van der Waals surface area contributed by atoms with E-state index >= 15 is 0 Å². The number of nitrogens with zero attached hydrogens (tertiary/aromatic N) is 1. The molecule has 0 saturated heterocycles. The van der Waals surface area contributed by atoms with E-state index in [0.29, 0.717) is 22.4 Å². The Morgan fingerprint density at radius 1 is 1.23 bits per heavy atom. The van der Waals surface area contributed by atoms with Crippen LogP contribution in [-0.2, 0) is 20.6 Å². The van der Waals surface area contributed by atoms with Crippen LogP contribution in [0.3, 0.4) is 0 Å². The van der Waals surface area contributed by atoms with Crippen LogP contribution in [0.15, 0.2) is 54.6 Å². The van der Waals surface area contributed by atoms with E-state index in [1.807, 2.05) is 10.8 Å². The van der Waals surface area contributed by atoms with Gasteiger partial charge in [-0.05, 0) is 47.9 Å². The third-order valence-electron chi connectivity index (χ3n) is 3.57. The summed E-state index contributed by atoms with van der Waals surface area (Å²) in [7, 11) is -2.30. The molecule has 0 fully saturated rings. The van der Waals surface area contributed by atoms with Gasteiger partial charge >= 0.3 is 0 Å². The molecule has 7 heteroatoms. The number of hydrogen-bond donors (Lipinski definition) is 1. The lowest BCUT2D eigenvalue weighted by Gasteiger charge is -2.07. The predicted octanol–water partition coefficient (Wildman–Crippen LogP) is 2.62. The van der Waals surface area contributed by atoms with Gasteiger partial charge in [0.2, 0.25) is 10.0 Å². The van der Waals surface area contributed by atoms with E-state index in [0.717, 1.165) is 5.56 Å². The topological polar surface area (TPSA) is 96.3 Å². The summed E-state index contributed by atoms with van der Waals surface area (Å²) in [5.74, 6) is -0.431. The fourth-order valence-corrected chi connectivity index (χ4v) is 3.33. The molecule has 0 heterocycles. The maximum absolute atomic E-state index is 12.1. The van der Waals surface area contributed by atoms with Crippen LogP contribution < -0.4 is 9.46 Å². The molecule has 0 spiro atoms. The predicted molar refractivity (Wildman–Crippen MR) is 98.6 cm³/mol. The lowest BCUT2D eigenvalue weighted by atomic mass is 10.1. The number of hydrogen-bond acceptors (Lipinski definition) is 5. The zero-order valence-corrected chi connectivity index (χ0v) is 15.2. The summed E-state index contributed by atoms with van der Waals surface area (Å²) in [4.78, 5) is 12.0. The monoisotopic (exact) mass is 370 g/mol. The van der Waals surface area contributed by atoms with Crippen LogP contribution >= 0.6 is 0 Å². The number of carbonyl (C=O) groups excluding carboxylic acids is 1. The number of amides is 1. The molecule has 134 valence electrons. The Morgan fingerprint density at radius 2 is 1.92 bits per heavy atom. The first-order valence-corrected chi connectivity index (χ1v) is 9.34. The summed E-state index contributed by atoms with van der Waals surface area (Å²) in [6, 6.07) is 15.2. The third-order valence-corrected chi connectivity index (χ3v) is 4.79. The van der Waals surface area contributed by atoms with Crippen molar-refractivity contribution < 1.29 is 17.9 Å². The van der Waals surface area contributed by atoms with Crippen LogP contribution in [0, 0.1) is 11.3 Å². The van der Waals surface area contributed by atoms with Crippen LogP contribution in [0.1, 0.15) is 23.6 Å². The summed E-state index contributed by atoms with van der Waals surface area (Å²) in [5.41, 5.74) is 2.28. The molecule has 0 radical (unpaired) electrons. The highest BCUT2D eigenvalue weighted by atomic mass is 32.2. The first-order chi connectivity index (χ1) is 12.3. The number of nitrogens with one attached hydrogen (secondary N) is 1. The number of nitriles is 1. The van der Waals surface area contributed by atoms with Crippen LogP contribution in [0.25, 0.3) is 5.57 Å². The summed E-state index contributed by atoms with van der Waals surface area (Å²) >= 11 is 0. The smallest absolute Gasteiger partial charge is 0.257 e. The van der Waals surface area contributed by atoms with Crippen molar-refractivity contribution in [3.63, 3.8) is 0 Å². The normalized spacial score (nSPS) is 11.5. The number of methoxy groups -OCH3 is 1. The minimum atomic E-state index is -3.85. The molecule has 0 atom stereocenters. The Kier molecular flexibility index (Phi) is 6.15. The van der Waals surface area contributed by atoms with Gasteiger partial charge in [-0.15, -0.1) is 0 Å². The van der Waals surface area contributed by atoms with Gasteiger partial charge in [-0.1, -0.05) is 24.3 Å². The third kappa shape index (κ3) is 5.46. The highest BCUT2D eigenvalue weighted by Crippen LogP contribution is 2.19. The molecular formula is C19H18N2O4S. The molecule has 6 nitrogen and oxygen atoms in total. The van der Waals surface area contributed by atoms with Crippen molar-refractivity contribution in [1.29, 1.82) is 5.26 Å². The molecule has 2 aromatic carbocycles. The number of rotatable bonds is 6. The van der Waals surface area contributed by atoms with Crippen molar-refractivity contribution in [1.82, 2.24) is 4.72 Å². The Bertz CT molecular complexity index is 971. The van der Waals surface area contributed by atoms with E-state index in [-0.39, 0.29) is 5.75 Å². The number of carbonyl (C=O) groups is 1. The molecule has 2 aromatic rings. The SMILES string of the molecule is COc1cccc(C(C)=CC(=O)NS(=O)(=O)Cc2ccc(C#N)cc2)c1. The van der Waals surface area contributed by atoms with Crippen molar-refractivity contribution in [2.24, 2.45) is 0 Å². The standard InChI is InChI=1S/C19H18N2O4S/c1-14(17-4-3-5-18(11-17)25-2)10-19(22)21-26(23,24)13-16-8-6-15(12-20)7-9-16/h3-11H,13H2,1-2H3,(H,21,22). The molecule has 0 bridgehead atoms. The highest BCUT2D eigenvalue weighted by molar-refractivity contribution is 7.89. The first-order valence-electron chi connectivity index (χ1n) is 7.69. The molecule has 26 heavy (non-hydrogen) atoms. The van der Waals surface area contributed by atoms with Gasteiger partial charge in [-0.3, -0.25) is 4.79 Å². The molecule has 0 aliphatic carbocycles. The lowest BCUT2D eigenvalue weighted by Crippen LogP contribution is -2.30. The molecule has 0 unspecified atom stereocenters. The van der Waals surface area contributed by atoms with E-state index in [1.165, 1.54) is 18.2 Å². The Balaban J connectivity index is 2.07. The van der Waals surface area contributed by atoms with Crippen molar-refractivity contribution in [2.75, 3.05) is 7.11 Å². The van der Waals surface area contributed by atoms with Crippen LogP contribution in [0.4, 0.5) is 0 Å². The zero-order valence-electron chi connectivity index (χ0n) is 14.4. The first kappa shape index (κ1) is 19.2. The van der Waals surface area contributed by atoms with Gasteiger partial charge in [0, 0.05) is 6.08 Å². The quantitative estimate of drug-likeness (QED) is 0.789. The van der Waals surface area contributed by atoms with E-state index < -0.39 is 15.9 Å². The molecular weight excluding hydrogens is 352 g/mol. The maximum atomic E-state index is 12.1. The van der Waals surface area contributed by atoms with Crippen molar-refractivity contribution >= 4 is 21.5 Å². The minimum absolute atomic E-state index is 0.351. The van der Waals surface area contributed by atoms with Crippen LogP contribution in [0.2, 0.25) is 0 Å². The summed E-state index contributed by atoms with van der Waals surface area (Å²) in [6.07, 6.45) is 1.23. The van der Waals surface area contributed by atoms with Gasteiger partial charge in [0.05, 0.1) is 24.5 Å². The second-order valence-corrected chi connectivity index (χ2v) is 7.32. The fraction of sp³-hybridized carbons (Fsp3) is 0.158. The number of ether oxygens (including phenoxy) is 1. The van der Waals surface area contributed by atoms with Gasteiger partial charge in [-0.2, -0.15) is 5.26 Å². The Labute approximate surface area is 152 Å². The van der Waals surface area contributed by atoms with Gasteiger partial charge in [0.25, 0.3) is 5.91 Å². The molecule has 1 amide bonds. The largest absolute Gasteiger partial charge is 0.497 e. The van der Waals surface area contributed by atoms with E-state index in [1.54, 1.807) is 50.4 Å². The lowest BCUT2D eigenvalue weighted by molar-refractivity contribution is -0.114. The van der Waals surface area contributed by atoms with Crippen LogP contribution in [-0.4, -0.2) is 21.4 Å². The Morgan fingerprint density at radius 3 is 2.54 bits per heavy atom. The maximum Gasteiger partial charge on any atom is 0.257 e. The van der Waals surface area contributed by atoms with Crippen molar-refractivity contribution in [2.45, 2.75) is 12.7 Å². The highest BCUT2D eigenvalue weighted by Gasteiger charge is 2.14. The molecule has 1 N–H and O–H groups in total. The van der Waals surface area contributed by atoms with Crippen molar-refractivity contribution in [3.05, 3.63) is 71.3 Å². The van der Waals surface area contributed by atoms with Crippen molar-refractivity contribution in [3.8, 4) is 11.8 Å². The van der Waals surface area contributed by atoms with E-state index in [9.17, 15) is 13.2 Å². The number of benzene rings is 2. The summed E-state index contributed by atoms with van der Waals surface area (Å²) in [6.45, 7) is 1.71. The van der Waals surface area contributed by atoms with E-state index in [4.69, 9.17) is 10.00 Å². The van der Waals surface area contributed by atoms with Gasteiger partial charge in [0.1, 0.15) is 5.75 Å². The second kappa shape index (κ2) is 8.32. The molecule has 0 saturated carbocycles.